The third kappa shape index (κ3) is 3.71. The summed E-state index contributed by atoms with van der Waals surface area (Å²) >= 11 is 0. The van der Waals surface area contributed by atoms with E-state index in [1.165, 1.54) is 0 Å². The van der Waals surface area contributed by atoms with Gasteiger partial charge in [0.25, 0.3) is 0 Å². The molecule has 2 heterocycles. The van der Waals surface area contributed by atoms with Crippen molar-refractivity contribution in [3.05, 3.63) is 0 Å². The molecule has 20 heavy (non-hydrogen) atoms. The van der Waals surface area contributed by atoms with E-state index in [4.69, 9.17) is 4.74 Å². The number of rotatable bonds is 3. The summed E-state index contributed by atoms with van der Waals surface area (Å²) in [5.41, 5.74) is -0.355. The summed E-state index contributed by atoms with van der Waals surface area (Å²) in [6.07, 6.45) is -0.214. The first-order valence-corrected chi connectivity index (χ1v) is 8.81. The van der Waals surface area contributed by atoms with Gasteiger partial charge in [0.05, 0.1) is 18.5 Å². The summed E-state index contributed by atoms with van der Waals surface area (Å²) in [6, 6.07) is 0. The fraction of sp³-hybridized carbons (Fsp3) is 1.00. The Hall–Kier alpha value is -0.210. The molecule has 6 nitrogen and oxygen atoms in total. The van der Waals surface area contributed by atoms with Crippen LogP contribution in [0.2, 0.25) is 0 Å². The van der Waals surface area contributed by atoms with Crippen LogP contribution in [-0.4, -0.2) is 93.3 Å². The molecule has 0 spiro atoms. The number of hydrogen-bond donors (Lipinski definition) is 0. The van der Waals surface area contributed by atoms with E-state index in [-0.39, 0.29) is 17.4 Å². The van der Waals surface area contributed by atoms with Crippen molar-refractivity contribution in [3.63, 3.8) is 0 Å². The second kappa shape index (κ2) is 5.88. The summed E-state index contributed by atoms with van der Waals surface area (Å²) in [4.78, 5) is 4.30. The lowest BCUT2D eigenvalue weighted by Crippen LogP contribution is -2.61. The average Bonchev–Trinajstić information content (AvgIpc) is 2.25. The largest absolute Gasteiger partial charge is 0.374 e. The van der Waals surface area contributed by atoms with Gasteiger partial charge in [0, 0.05) is 38.3 Å². The van der Waals surface area contributed by atoms with Crippen LogP contribution in [0.5, 0.6) is 0 Å². The standard InChI is InChI=1S/C13H27N3O3S/c1-13(2)11-15(4)5-6-16(13)20(17,18)10-12-9-14(3)7-8-19-12/h12H,5-11H2,1-4H3. The average molecular weight is 305 g/mol. The Morgan fingerprint density at radius 3 is 2.45 bits per heavy atom. The maximum atomic E-state index is 12.7. The van der Waals surface area contributed by atoms with Gasteiger partial charge in [-0.3, -0.25) is 0 Å². The van der Waals surface area contributed by atoms with Crippen LogP contribution in [0.3, 0.4) is 0 Å². The van der Waals surface area contributed by atoms with Gasteiger partial charge in [-0.05, 0) is 27.9 Å². The van der Waals surface area contributed by atoms with E-state index in [2.05, 4.69) is 9.80 Å². The Kier molecular flexibility index (Phi) is 4.76. The van der Waals surface area contributed by atoms with Gasteiger partial charge in [-0.1, -0.05) is 0 Å². The Labute approximate surface area is 122 Å². The summed E-state index contributed by atoms with van der Waals surface area (Å²) in [6.45, 7) is 8.27. The van der Waals surface area contributed by atoms with Gasteiger partial charge in [0.1, 0.15) is 0 Å². The molecule has 0 aromatic rings. The number of likely N-dealkylation sites (N-methyl/N-ethyl adjacent to an activating group) is 2. The minimum atomic E-state index is -3.28. The van der Waals surface area contributed by atoms with Crippen LogP contribution in [0.25, 0.3) is 0 Å². The molecular weight excluding hydrogens is 278 g/mol. The Morgan fingerprint density at radius 1 is 1.15 bits per heavy atom. The number of sulfonamides is 1. The van der Waals surface area contributed by atoms with Crippen LogP contribution in [-0.2, 0) is 14.8 Å². The molecular formula is C13H27N3O3S. The molecule has 7 heteroatoms. The molecule has 2 rings (SSSR count). The van der Waals surface area contributed by atoms with Crippen LogP contribution in [0.4, 0.5) is 0 Å². The van der Waals surface area contributed by atoms with Crippen LogP contribution < -0.4 is 0 Å². The van der Waals surface area contributed by atoms with Crippen LogP contribution in [0.1, 0.15) is 13.8 Å². The lowest BCUT2D eigenvalue weighted by Gasteiger charge is -2.45. The van der Waals surface area contributed by atoms with E-state index in [0.717, 1.165) is 19.6 Å². The van der Waals surface area contributed by atoms with Gasteiger partial charge in [-0.25, -0.2) is 8.42 Å². The lowest BCUT2D eigenvalue weighted by molar-refractivity contribution is -0.00804. The Balaban J connectivity index is 2.06. The minimum Gasteiger partial charge on any atom is -0.374 e. The van der Waals surface area contributed by atoms with Crippen LogP contribution in [0, 0.1) is 0 Å². The van der Waals surface area contributed by atoms with Crippen LogP contribution in [0.15, 0.2) is 0 Å². The summed E-state index contributed by atoms with van der Waals surface area (Å²) in [7, 11) is 0.752. The highest BCUT2D eigenvalue weighted by atomic mass is 32.2. The third-order valence-electron chi connectivity index (χ3n) is 4.09. The van der Waals surface area contributed by atoms with Gasteiger partial charge in [-0.2, -0.15) is 4.31 Å². The predicted molar refractivity (Wildman–Crippen MR) is 79.3 cm³/mol. The van der Waals surface area contributed by atoms with Gasteiger partial charge < -0.3 is 14.5 Å². The highest BCUT2D eigenvalue weighted by Gasteiger charge is 2.41. The summed E-state index contributed by atoms with van der Waals surface area (Å²) in [5.74, 6) is 0.0878. The molecule has 0 radical (unpaired) electrons. The molecule has 2 saturated heterocycles. The first-order chi connectivity index (χ1) is 9.21. The van der Waals surface area contributed by atoms with Crippen LogP contribution >= 0.6 is 0 Å². The number of nitrogens with zero attached hydrogens (tertiary/aromatic N) is 3. The fourth-order valence-corrected chi connectivity index (χ4v) is 5.21. The maximum Gasteiger partial charge on any atom is 0.217 e. The minimum absolute atomic E-state index is 0.0878. The summed E-state index contributed by atoms with van der Waals surface area (Å²) in [5, 5.41) is 0. The van der Waals surface area contributed by atoms with E-state index in [9.17, 15) is 8.42 Å². The van der Waals surface area contributed by atoms with Crippen molar-refractivity contribution in [3.8, 4) is 0 Å². The highest BCUT2D eigenvalue weighted by Crippen LogP contribution is 2.24. The highest BCUT2D eigenvalue weighted by molar-refractivity contribution is 7.89. The zero-order valence-corrected chi connectivity index (χ0v) is 13.8. The zero-order valence-electron chi connectivity index (χ0n) is 13.0. The number of morpholine rings is 1. The first-order valence-electron chi connectivity index (χ1n) is 7.20. The predicted octanol–water partition coefficient (Wildman–Crippen LogP) is -0.327. The molecule has 2 aliphatic heterocycles. The molecule has 118 valence electrons. The molecule has 0 aliphatic carbocycles. The molecule has 0 aromatic heterocycles. The molecule has 1 atom stereocenters. The topological polar surface area (TPSA) is 53.1 Å². The van der Waals surface area contributed by atoms with Crippen molar-refractivity contribution in [2.24, 2.45) is 0 Å². The third-order valence-corrected chi connectivity index (χ3v) is 6.23. The molecule has 0 saturated carbocycles. The SMILES string of the molecule is CN1CCOC(CS(=O)(=O)N2CCN(C)CC2(C)C)C1. The van der Waals surface area contributed by atoms with Crippen molar-refractivity contribution in [1.82, 2.24) is 14.1 Å². The summed E-state index contributed by atoms with van der Waals surface area (Å²) < 4.78 is 32.7. The van der Waals surface area contributed by atoms with E-state index < -0.39 is 10.0 Å². The quantitative estimate of drug-likeness (QED) is 0.715. The first kappa shape index (κ1) is 16.2. The Morgan fingerprint density at radius 2 is 1.85 bits per heavy atom. The van der Waals surface area contributed by atoms with E-state index in [1.54, 1.807) is 4.31 Å². The molecule has 1 unspecified atom stereocenters. The second-order valence-corrected chi connectivity index (χ2v) is 8.59. The van der Waals surface area contributed by atoms with Crippen molar-refractivity contribution < 1.29 is 13.2 Å². The molecule has 0 amide bonds. The molecule has 0 bridgehead atoms. The maximum absolute atomic E-state index is 12.7. The van der Waals surface area contributed by atoms with Gasteiger partial charge in [0.15, 0.2) is 0 Å². The van der Waals surface area contributed by atoms with E-state index >= 15 is 0 Å². The second-order valence-electron chi connectivity index (χ2n) is 6.66. The van der Waals surface area contributed by atoms with Crippen molar-refractivity contribution in [1.29, 1.82) is 0 Å². The monoisotopic (exact) mass is 305 g/mol. The zero-order chi connectivity index (χ0) is 15.0. The molecule has 0 N–H and O–H groups in total. The molecule has 2 fully saturated rings. The number of ether oxygens (including phenoxy) is 1. The normalized spacial score (nSPS) is 30.5. The lowest BCUT2D eigenvalue weighted by atomic mass is 10.0. The van der Waals surface area contributed by atoms with Crippen molar-refractivity contribution in [2.75, 3.05) is 59.2 Å². The van der Waals surface area contributed by atoms with E-state index in [1.807, 2.05) is 27.9 Å². The Bertz CT molecular complexity index is 438. The van der Waals surface area contributed by atoms with Gasteiger partial charge in [0.2, 0.25) is 10.0 Å². The fourth-order valence-electron chi connectivity index (χ4n) is 3.19. The van der Waals surface area contributed by atoms with Gasteiger partial charge in [-0.15, -0.1) is 0 Å². The number of hydrogen-bond acceptors (Lipinski definition) is 5. The smallest absolute Gasteiger partial charge is 0.217 e. The molecule has 0 aromatic carbocycles. The molecule has 2 aliphatic rings. The van der Waals surface area contributed by atoms with Crippen molar-refractivity contribution >= 4 is 10.0 Å². The van der Waals surface area contributed by atoms with E-state index in [0.29, 0.717) is 19.7 Å². The van der Waals surface area contributed by atoms with Gasteiger partial charge >= 0.3 is 0 Å². The number of piperazine rings is 1. The van der Waals surface area contributed by atoms with Crippen molar-refractivity contribution in [2.45, 2.75) is 25.5 Å².